The van der Waals surface area contributed by atoms with Crippen molar-refractivity contribution in [2.45, 2.75) is 44.7 Å². The normalized spacial score (nSPS) is 21.3. The van der Waals surface area contributed by atoms with Gasteiger partial charge in [-0.25, -0.2) is 4.79 Å². The van der Waals surface area contributed by atoms with Crippen molar-refractivity contribution in [3.8, 4) is 0 Å². The summed E-state index contributed by atoms with van der Waals surface area (Å²) in [6, 6.07) is 0.930. The summed E-state index contributed by atoms with van der Waals surface area (Å²) in [5, 5.41) is 10.2. The van der Waals surface area contributed by atoms with Gasteiger partial charge in [-0.15, -0.1) is 0 Å². The van der Waals surface area contributed by atoms with Crippen molar-refractivity contribution in [2.24, 2.45) is 7.05 Å². The van der Waals surface area contributed by atoms with E-state index in [0.717, 1.165) is 43.4 Å². The van der Waals surface area contributed by atoms with Crippen LogP contribution in [0.2, 0.25) is 0 Å². The van der Waals surface area contributed by atoms with Crippen LogP contribution in [0.3, 0.4) is 0 Å². The minimum absolute atomic E-state index is 0.117. The Bertz CT molecular complexity index is 533. The lowest BCUT2D eigenvalue weighted by Crippen LogP contribution is -2.49. The van der Waals surface area contributed by atoms with Crippen LogP contribution in [-0.2, 0) is 7.05 Å². The Balaban J connectivity index is 1.43. The molecule has 0 aromatic carbocycles. The van der Waals surface area contributed by atoms with Crippen LogP contribution < -0.4 is 10.6 Å². The molecule has 1 aromatic heterocycles. The lowest BCUT2D eigenvalue weighted by atomic mass is 10.0. The van der Waals surface area contributed by atoms with Gasteiger partial charge in [0.2, 0.25) is 0 Å². The lowest BCUT2D eigenvalue weighted by molar-refractivity contribution is 0.138. The van der Waals surface area contributed by atoms with E-state index in [1.807, 2.05) is 14.0 Å². The molecule has 0 radical (unpaired) electrons. The van der Waals surface area contributed by atoms with Crippen LogP contribution in [0.1, 0.15) is 31.4 Å². The van der Waals surface area contributed by atoms with Crippen LogP contribution in [0.4, 0.5) is 10.5 Å². The molecule has 0 atom stereocenters. The maximum Gasteiger partial charge on any atom is 0.319 e. The maximum absolute atomic E-state index is 12.1. The number of hydrogen-bond acceptors (Lipinski definition) is 4. The molecule has 2 aliphatic heterocycles. The number of hydrogen-bond donors (Lipinski definition) is 2. The van der Waals surface area contributed by atoms with Crippen molar-refractivity contribution in [1.29, 1.82) is 0 Å². The Morgan fingerprint density at radius 3 is 2.57 bits per heavy atom. The molecule has 3 rings (SSSR count). The first-order valence-electron chi connectivity index (χ1n) is 8.51. The average molecular weight is 337 g/mol. The van der Waals surface area contributed by atoms with Gasteiger partial charge in [0.25, 0.3) is 0 Å². The summed E-state index contributed by atoms with van der Waals surface area (Å²) >= 11 is 2.08. The number of aryl methyl sites for hydroxylation is 1. The van der Waals surface area contributed by atoms with E-state index in [1.165, 1.54) is 24.3 Å². The molecule has 0 spiro atoms. The Morgan fingerprint density at radius 2 is 1.96 bits per heavy atom. The van der Waals surface area contributed by atoms with Crippen molar-refractivity contribution in [3.63, 3.8) is 0 Å². The third-order valence-electron chi connectivity index (χ3n) is 5.06. The summed E-state index contributed by atoms with van der Waals surface area (Å²) in [6.45, 7) is 4.15. The highest BCUT2D eigenvalue weighted by Crippen LogP contribution is 2.24. The molecule has 7 heteroatoms. The molecule has 6 nitrogen and oxygen atoms in total. The second-order valence-corrected chi connectivity index (χ2v) is 7.74. The second kappa shape index (κ2) is 7.57. The van der Waals surface area contributed by atoms with Crippen molar-refractivity contribution in [2.75, 3.05) is 29.9 Å². The number of piperidine rings is 1. The molecule has 128 valence electrons. The predicted molar refractivity (Wildman–Crippen MR) is 95.0 cm³/mol. The summed E-state index contributed by atoms with van der Waals surface area (Å²) in [5.74, 6) is 2.60. The topological polar surface area (TPSA) is 62.2 Å². The first-order chi connectivity index (χ1) is 11.1. The third kappa shape index (κ3) is 4.20. The SMILES string of the molecule is Cc1c(NC(=O)NC2CCN(C3CCSCC3)CC2)cnn1C. The van der Waals surface area contributed by atoms with Gasteiger partial charge < -0.3 is 15.5 Å². The molecule has 1 aromatic rings. The molecule has 3 heterocycles. The number of carbonyl (C=O) groups is 1. The van der Waals surface area contributed by atoms with Crippen LogP contribution in [0.5, 0.6) is 0 Å². The van der Waals surface area contributed by atoms with Gasteiger partial charge in [0.1, 0.15) is 0 Å². The van der Waals surface area contributed by atoms with Crippen molar-refractivity contribution >= 4 is 23.5 Å². The van der Waals surface area contributed by atoms with Crippen molar-refractivity contribution < 1.29 is 4.79 Å². The molecule has 2 aliphatic rings. The smallest absolute Gasteiger partial charge is 0.319 e. The fraction of sp³-hybridized carbons (Fsp3) is 0.750. The van der Waals surface area contributed by atoms with Gasteiger partial charge in [-0.3, -0.25) is 4.68 Å². The van der Waals surface area contributed by atoms with Gasteiger partial charge in [0, 0.05) is 32.2 Å². The minimum Gasteiger partial charge on any atom is -0.335 e. The number of nitrogens with zero attached hydrogens (tertiary/aromatic N) is 3. The number of thioether (sulfide) groups is 1. The molecule has 2 N–H and O–H groups in total. The summed E-state index contributed by atoms with van der Waals surface area (Å²) < 4.78 is 1.76. The Hall–Kier alpha value is -1.21. The van der Waals surface area contributed by atoms with Crippen molar-refractivity contribution in [1.82, 2.24) is 20.0 Å². The van der Waals surface area contributed by atoms with Gasteiger partial charge >= 0.3 is 6.03 Å². The molecule has 0 unspecified atom stereocenters. The zero-order valence-corrected chi connectivity index (χ0v) is 14.9. The number of aromatic nitrogens is 2. The lowest BCUT2D eigenvalue weighted by Gasteiger charge is -2.39. The van der Waals surface area contributed by atoms with Gasteiger partial charge in [-0.1, -0.05) is 0 Å². The van der Waals surface area contributed by atoms with Crippen LogP contribution in [0.25, 0.3) is 0 Å². The first-order valence-corrected chi connectivity index (χ1v) is 9.67. The van der Waals surface area contributed by atoms with E-state index in [1.54, 1.807) is 10.9 Å². The van der Waals surface area contributed by atoms with Crippen molar-refractivity contribution in [3.05, 3.63) is 11.9 Å². The summed E-state index contributed by atoms with van der Waals surface area (Å²) in [4.78, 5) is 14.8. The molecule has 0 saturated carbocycles. The summed E-state index contributed by atoms with van der Waals surface area (Å²) in [7, 11) is 1.87. The molecule has 0 bridgehead atoms. The predicted octanol–water partition coefficient (Wildman–Crippen LogP) is 2.21. The zero-order chi connectivity index (χ0) is 16.2. The maximum atomic E-state index is 12.1. The summed E-state index contributed by atoms with van der Waals surface area (Å²) in [5.41, 5.74) is 1.74. The van der Waals surface area contributed by atoms with E-state index in [0.29, 0.717) is 0 Å². The molecular weight excluding hydrogens is 310 g/mol. The first kappa shape index (κ1) is 16.6. The molecule has 0 aliphatic carbocycles. The van der Waals surface area contributed by atoms with Gasteiger partial charge in [0.05, 0.1) is 17.6 Å². The molecule has 2 saturated heterocycles. The fourth-order valence-electron chi connectivity index (χ4n) is 3.42. The van der Waals surface area contributed by atoms with Gasteiger partial charge in [0.15, 0.2) is 0 Å². The van der Waals surface area contributed by atoms with E-state index in [9.17, 15) is 4.79 Å². The number of rotatable bonds is 3. The van der Waals surface area contributed by atoms with Crippen LogP contribution in [-0.4, -0.2) is 57.4 Å². The standard InChI is InChI=1S/C16H27N5OS/c1-12-15(11-17-20(12)2)19-16(22)18-13-3-7-21(8-4-13)14-5-9-23-10-6-14/h11,13-14H,3-10H2,1-2H3,(H2,18,19,22). The van der Waals surface area contributed by atoms with E-state index < -0.39 is 0 Å². The highest BCUT2D eigenvalue weighted by molar-refractivity contribution is 7.99. The number of amides is 2. The number of likely N-dealkylation sites (tertiary alicyclic amines) is 1. The minimum atomic E-state index is -0.117. The number of carbonyl (C=O) groups excluding carboxylic acids is 1. The van der Waals surface area contributed by atoms with E-state index in [-0.39, 0.29) is 12.1 Å². The fourth-order valence-corrected chi connectivity index (χ4v) is 4.51. The van der Waals surface area contributed by atoms with Crippen LogP contribution in [0, 0.1) is 6.92 Å². The number of urea groups is 1. The van der Waals surface area contributed by atoms with E-state index in [4.69, 9.17) is 0 Å². The van der Waals surface area contributed by atoms with E-state index in [2.05, 4.69) is 32.4 Å². The second-order valence-electron chi connectivity index (χ2n) is 6.52. The quantitative estimate of drug-likeness (QED) is 0.888. The molecular formula is C16H27N5OS. The van der Waals surface area contributed by atoms with Gasteiger partial charge in [-0.05, 0) is 44.1 Å². The largest absolute Gasteiger partial charge is 0.335 e. The highest BCUT2D eigenvalue weighted by Gasteiger charge is 2.27. The molecule has 2 amide bonds. The number of nitrogens with one attached hydrogen (secondary N) is 2. The van der Waals surface area contributed by atoms with E-state index >= 15 is 0 Å². The highest BCUT2D eigenvalue weighted by atomic mass is 32.2. The zero-order valence-electron chi connectivity index (χ0n) is 14.0. The summed E-state index contributed by atoms with van der Waals surface area (Å²) in [6.07, 6.45) is 6.43. The van der Waals surface area contributed by atoms with Crippen LogP contribution in [0.15, 0.2) is 6.20 Å². The monoisotopic (exact) mass is 337 g/mol. The number of anilines is 1. The molecule has 2 fully saturated rings. The van der Waals surface area contributed by atoms with Crippen LogP contribution >= 0.6 is 11.8 Å². The Labute approximate surface area is 142 Å². The molecule has 23 heavy (non-hydrogen) atoms. The Morgan fingerprint density at radius 1 is 1.26 bits per heavy atom. The Kier molecular flexibility index (Phi) is 5.48. The third-order valence-corrected chi connectivity index (χ3v) is 6.10. The average Bonchev–Trinajstić information content (AvgIpc) is 2.88. The van der Waals surface area contributed by atoms with Gasteiger partial charge in [-0.2, -0.15) is 16.9 Å².